The number of benzene rings is 10. The number of pyridine rings is 5. The van der Waals surface area contributed by atoms with Crippen LogP contribution in [0.25, 0.3) is 166 Å². The second-order valence-corrected chi connectivity index (χ2v) is 25.5. The summed E-state index contributed by atoms with van der Waals surface area (Å²) in [5, 5.41) is 11.2. The summed E-state index contributed by atoms with van der Waals surface area (Å²) in [4.78, 5) is 22.4. The van der Waals surface area contributed by atoms with E-state index in [-0.39, 0.29) is 0 Å². The van der Waals surface area contributed by atoms with E-state index in [0.29, 0.717) is 0 Å². The van der Waals surface area contributed by atoms with Gasteiger partial charge in [-0.1, -0.05) is 133 Å². The largest absolute Gasteiger partial charge is 0.316 e. The zero-order chi connectivity index (χ0) is 67.5. The van der Waals surface area contributed by atoms with Crippen LogP contribution < -0.4 is 0 Å². The van der Waals surface area contributed by atoms with Crippen molar-refractivity contribution in [2.45, 2.75) is 0 Å². The number of para-hydroxylation sites is 6. The lowest BCUT2D eigenvalue weighted by Crippen LogP contribution is -1.97. The molecule has 21 aromatic rings. The molecule has 11 aromatic heterocycles. The number of hydrogen-bond donors (Lipinski definition) is 0. The minimum atomic E-state index is 0.893. The van der Waals surface area contributed by atoms with Crippen molar-refractivity contribution in [2.75, 3.05) is 0 Å². The summed E-state index contributed by atoms with van der Waals surface area (Å²) in [6.45, 7) is 0. The molecule has 0 aliphatic carbocycles. The molecule has 0 saturated heterocycles. The fourth-order valence-corrected chi connectivity index (χ4v) is 14.8. The third-order valence-corrected chi connectivity index (χ3v) is 19.6. The molecule has 0 bridgehead atoms. The topological polar surface area (TPSA) is 94.0 Å². The van der Waals surface area contributed by atoms with Gasteiger partial charge in [0, 0.05) is 155 Å². The van der Waals surface area contributed by atoms with Gasteiger partial charge in [-0.25, -0.2) is 9.97 Å². The van der Waals surface area contributed by atoms with Gasteiger partial charge in [-0.05, 0) is 181 Å². The third-order valence-electron chi connectivity index (χ3n) is 19.6. The average molecular weight is 1310 g/mol. The first-order valence-corrected chi connectivity index (χ1v) is 34.1. The quantitative estimate of drug-likeness (QED) is 0.144. The first-order valence-electron chi connectivity index (χ1n) is 34.1. The molecule has 0 amide bonds. The fourth-order valence-electron chi connectivity index (χ4n) is 14.8. The molecule has 10 aromatic carbocycles. The third kappa shape index (κ3) is 10.4. The lowest BCUT2D eigenvalue weighted by atomic mass is 10.1. The molecule has 0 radical (unpaired) electrons. The highest BCUT2D eigenvalue weighted by Crippen LogP contribution is 2.40. The van der Waals surface area contributed by atoms with Crippen molar-refractivity contribution in [1.29, 1.82) is 0 Å². The van der Waals surface area contributed by atoms with Gasteiger partial charge < -0.3 is 27.4 Å². The summed E-state index contributed by atoms with van der Waals surface area (Å²) in [6.07, 6.45) is 19.3. The molecule has 0 N–H and O–H groups in total. The Morgan fingerprint density at radius 2 is 0.618 bits per heavy atom. The molecule has 0 spiro atoms. The summed E-state index contributed by atoms with van der Waals surface area (Å²) in [7, 11) is 0. The van der Waals surface area contributed by atoms with Crippen molar-refractivity contribution < 1.29 is 0 Å². The normalized spacial score (nSPS) is 11.5. The number of nitrogens with zero attached hydrogens (tertiary/aromatic N) is 11. The van der Waals surface area contributed by atoms with Gasteiger partial charge in [0.15, 0.2) is 0 Å². The lowest BCUT2D eigenvalue weighted by molar-refractivity contribution is 1.04. The second kappa shape index (κ2) is 25.1. The molecule has 102 heavy (non-hydrogen) atoms. The zero-order valence-corrected chi connectivity index (χ0v) is 55.1. The monoisotopic (exact) mass is 1310 g/mol. The lowest BCUT2D eigenvalue weighted by Gasteiger charge is -2.10. The summed E-state index contributed by atoms with van der Waals surface area (Å²) in [5.74, 6) is 1.79. The fraction of sp³-hybridized carbons (Fsp3) is 0. The second-order valence-electron chi connectivity index (χ2n) is 25.5. The van der Waals surface area contributed by atoms with Crippen LogP contribution in [0.15, 0.2) is 371 Å². The van der Waals surface area contributed by atoms with E-state index in [0.717, 1.165) is 73.2 Å². The molecule has 0 fully saturated rings. The summed E-state index contributed by atoms with van der Waals surface area (Å²) in [5.41, 5.74) is 21.7. The molecule has 21 rings (SSSR count). The highest BCUT2D eigenvalue weighted by molar-refractivity contribution is 6.16. The van der Waals surface area contributed by atoms with Crippen molar-refractivity contribution in [2.24, 2.45) is 0 Å². The predicted octanol–water partition coefficient (Wildman–Crippen LogP) is 22.2. The standard InChI is InChI=1S/C31H21N3.2C30H20N4/c1-2-8-25(9-3-1)34-29-12-5-4-10-26(29)27-20-23-17-19-33(30(23)21-31(27)34)24-15-13-22(14-16-24)28-11-6-7-18-32-28;1-2-8-24(9-3-1)34-27-11-5-4-10-25(27)26-17-21-14-16-33(28(21)18-29(26)34)30-13-12-23(20-32-30)22-7-6-15-31-19-22;1-2-6-24(7-3-1)34-27-9-5-4-8-25(27)26-18-22-14-17-33(28(22)19-29(26)34)30-11-10-23(20-32-30)21-12-15-31-16-13-21/h1-21H;2*1-20H. The van der Waals surface area contributed by atoms with E-state index >= 15 is 0 Å². The maximum atomic E-state index is 4.79. The van der Waals surface area contributed by atoms with E-state index in [2.05, 4.69) is 328 Å². The Balaban J connectivity index is 0.000000106. The van der Waals surface area contributed by atoms with Crippen molar-refractivity contribution in [3.63, 3.8) is 0 Å². The highest BCUT2D eigenvalue weighted by Gasteiger charge is 2.20. The smallest absolute Gasteiger partial charge is 0.137 e. The van der Waals surface area contributed by atoms with Crippen molar-refractivity contribution in [3.05, 3.63) is 371 Å². The molecule has 0 aliphatic heterocycles. The van der Waals surface area contributed by atoms with Crippen LogP contribution in [0.5, 0.6) is 0 Å². The Morgan fingerprint density at radius 1 is 0.206 bits per heavy atom. The van der Waals surface area contributed by atoms with Gasteiger partial charge >= 0.3 is 0 Å². The highest BCUT2D eigenvalue weighted by atomic mass is 15.1. The van der Waals surface area contributed by atoms with Gasteiger partial charge in [0.05, 0.1) is 55.3 Å². The van der Waals surface area contributed by atoms with Crippen LogP contribution in [0.3, 0.4) is 0 Å². The van der Waals surface area contributed by atoms with Gasteiger partial charge in [-0.3, -0.25) is 15.0 Å². The number of hydrogen-bond acceptors (Lipinski definition) is 5. The molecule has 0 aliphatic rings. The Bertz CT molecular complexity index is 5970. The maximum absolute atomic E-state index is 4.79. The van der Waals surface area contributed by atoms with Crippen molar-refractivity contribution in [3.8, 4) is 67.9 Å². The van der Waals surface area contributed by atoms with Crippen LogP contribution in [-0.4, -0.2) is 52.3 Å². The molecule has 0 atom stereocenters. The van der Waals surface area contributed by atoms with Gasteiger partial charge in [-0.2, -0.15) is 0 Å². The molecule has 11 heterocycles. The summed E-state index contributed by atoms with van der Waals surface area (Å²) in [6, 6.07) is 109. The number of rotatable bonds is 9. The molecule has 0 saturated carbocycles. The molecular weight excluding hydrogens is 1250 g/mol. The van der Waals surface area contributed by atoms with Crippen LogP contribution in [0.4, 0.5) is 0 Å². The molecule has 11 nitrogen and oxygen atoms in total. The number of aromatic nitrogens is 11. The van der Waals surface area contributed by atoms with E-state index in [1.165, 1.54) is 92.8 Å². The summed E-state index contributed by atoms with van der Waals surface area (Å²) < 4.78 is 13.7. The van der Waals surface area contributed by atoms with E-state index < -0.39 is 0 Å². The van der Waals surface area contributed by atoms with Crippen molar-refractivity contribution >= 4 is 98.1 Å². The Kier molecular flexibility index (Phi) is 14.6. The van der Waals surface area contributed by atoms with Gasteiger partial charge in [0.25, 0.3) is 0 Å². The molecule has 11 heteroatoms. The Morgan fingerprint density at radius 3 is 1.05 bits per heavy atom. The minimum absolute atomic E-state index is 0.893. The van der Waals surface area contributed by atoms with E-state index in [1.807, 2.05) is 67.3 Å². The zero-order valence-electron chi connectivity index (χ0n) is 55.1. The van der Waals surface area contributed by atoms with E-state index in [1.54, 1.807) is 18.6 Å². The van der Waals surface area contributed by atoms with Crippen LogP contribution >= 0.6 is 0 Å². The van der Waals surface area contributed by atoms with E-state index in [4.69, 9.17) is 9.97 Å². The summed E-state index contributed by atoms with van der Waals surface area (Å²) >= 11 is 0. The van der Waals surface area contributed by atoms with Crippen LogP contribution in [-0.2, 0) is 0 Å². The first kappa shape index (κ1) is 59.3. The first-order chi connectivity index (χ1) is 50.6. The molecule has 480 valence electrons. The molecule has 0 unspecified atom stereocenters. The Labute approximate surface area is 586 Å². The Hall–Kier alpha value is -14.0. The van der Waals surface area contributed by atoms with Gasteiger partial charge in [0.2, 0.25) is 0 Å². The van der Waals surface area contributed by atoms with Gasteiger partial charge in [-0.15, -0.1) is 0 Å². The van der Waals surface area contributed by atoms with E-state index in [9.17, 15) is 0 Å². The van der Waals surface area contributed by atoms with Crippen molar-refractivity contribution in [1.82, 2.24) is 52.3 Å². The van der Waals surface area contributed by atoms with Crippen LogP contribution in [0, 0.1) is 0 Å². The maximum Gasteiger partial charge on any atom is 0.137 e. The predicted molar refractivity (Wildman–Crippen MR) is 418 cm³/mol. The average Bonchev–Trinajstić information content (AvgIpc) is 1.59. The minimum Gasteiger partial charge on any atom is -0.316 e. The number of fused-ring (bicyclic) bond motifs is 12. The van der Waals surface area contributed by atoms with Gasteiger partial charge in [0.1, 0.15) is 11.6 Å². The molecular formula is C91H61N11. The van der Waals surface area contributed by atoms with Crippen LogP contribution in [0.1, 0.15) is 0 Å². The SMILES string of the molecule is c1ccc(-n2c3ccccc3c3cc4ccn(-c5ccc(-c6ccccn6)cc5)c4cc32)cc1.c1ccc(-n2c3ccccc3c3cc4ccn(-c5ccc(-c6cccnc6)cn5)c4cc32)cc1.c1ccc(-n2c3ccccc3c3cc4ccn(-c5ccc(-c6ccncc6)cn5)c4cc32)cc1. The van der Waals surface area contributed by atoms with Crippen LogP contribution in [0.2, 0.25) is 0 Å².